The van der Waals surface area contributed by atoms with Gasteiger partial charge >= 0.3 is 0 Å². The zero-order valence-corrected chi connectivity index (χ0v) is 17.8. The largest absolute Gasteiger partial charge is 0.493 e. The summed E-state index contributed by atoms with van der Waals surface area (Å²) in [5.41, 5.74) is 1.19. The van der Waals surface area contributed by atoms with Crippen molar-refractivity contribution in [1.82, 2.24) is 15.5 Å². The molecular weight excluding hydrogens is 356 g/mol. The zero-order valence-electron chi connectivity index (χ0n) is 17.8. The van der Waals surface area contributed by atoms with E-state index in [1.54, 1.807) is 14.2 Å². The van der Waals surface area contributed by atoms with Crippen molar-refractivity contribution < 1.29 is 14.2 Å². The van der Waals surface area contributed by atoms with Gasteiger partial charge in [-0.25, -0.2) is 0 Å². The number of rotatable bonds is 10. The van der Waals surface area contributed by atoms with E-state index in [1.807, 2.05) is 12.1 Å². The maximum absolute atomic E-state index is 5.77. The van der Waals surface area contributed by atoms with Crippen molar-refractivity contribution in [3.8, 4) is 5.75 Å². The summed E-state index contributed by atoms with van der Waals surface area (Å²) in [7, 11) is 3.50. The second-order valence-electron chi connectivity index (χ2n) is 7.53. The maximum atomic E-state index is 5.77. The van der Waals surface area contributed by atoms with Crippen LogP contribution in [0.15, 0.2) is 29.3 Å². The molecule has 28 heavy (non-hydrogen) atoms. The lowest BCUT2D eigenvalue weighted by molar-refractivity contribution is -0.00834. The van der Waals surface area contributed by atoms with Gasteiger partial charge in [-0.2, -0.15) is 0 Å². The van der Waals surface area contributed by atoms with E-state index in [1.165, 1.54) is 0 Å². The van der Waals surface area contributed by atoms with Gasteiger partial charge in [-0.05, 0) is 31.5 Å². The average Bonchev–Trinajstić information content (AvgIpc) is 2.72. The van der Waals surface area contributed by atoms with E-state index in [0.29, 0.717) is 19.8 Å². The quantitative estimate of drug-likeness (QED) is 0.360. The van der Waals surface area contributed by atoms with Gasteiger partial charge in [0.1, 0.15) is 5.75 Å². The van der Waals surface area contributed by atoms with Crippen LogP contribution in [0.4, 0.5) is 0 Å². The minimum absolute atomic E-state index is 0.0390. The van der Waals surface area contributed by atoms with Crippen molar-refractivity contribution in [2.45, 2.75) is 32.4 Å². The third-order valence-electron chi connectivity index (χ3n) is 4.90. The molecule has 1 fully saturated rings. The molecule has 1 heterocycles. The minimum atomic E-state index is 0.0390. The highest BCUT2D eigenvalue weighted by Gasteiger charge is 2.28. The third-order valence-corrected chi connectivity index (χ3v) is 4.90. The number of hydrogen-bond acceptors (Lipinski definition) is 5. The molecule has 0 atom stereocenters. The summed E-state index contributed by atoms with van der Waals surface area (Å²) >= 11 is 0. The Morgan fingerprint density at radius 2 is 2.00 bits per heavy atom. The lowest BCUT2D eigenvalue weighted by atomic mass is 10.0. The van der Waals surface area contributed by atoms with E-state index < -0.39 is 0 Å². The Bertz CT molecular complexity index is 601. The van der Waals surface area contributed by atoms with Crippen LogP contribution in [0.5, 0.6) is 5.75 Å². The third kappa shape index (κ3) is 7.66. The van der Waals surface area contributed by atoms with Gasteiger partial charge in [0, 0.05) is 58.9 Å². The molecule has 0 aliphatic carbocycles. The van der Waals surface area contributed by atoms with E-state index in [-0.39, 0.29) is 5.54 Å². The predicted molar refractivity (Wildman–Crippen MR) is 113 cm³/mol. The number of nitrogens with zero attached hydrogens (tertiary/aromatic N) is 2. The average molecular weight is 393 g/mol. The molecule has 0 radical (unpaired) electrons. The molecule has 0 bridgehead atoms. The van der Waals surface area contributed by atoms with Crippen LogP contribution < -0.4 is 15.4 Å². The van der Waals surface area contributed by atoms with Crippen molar-refractivity contribution >= 4 is 5.96 Å². The molecule has 1 aliphatic rings. The lowest BCUT2D eigenvalue weighted by Crippen LogP contribution is -2.56. The Hall–Kier alpha value is -1.83. The minimum Gasteiger partial charge on any atom is -0.493 e. The van der Waals surface area contributed by atoms with Crippen LogP contribution in [-0.2, 0) is 16.0 Å². The van der Waals surface area contributed by atoms with Gasteiger partial charge in [0.25, 0.3) is 0 Å². The fourth-order valence-electron chi connectivity index (χ4n) is 3.13. The standard InChI is InChI=1S/C21H36N4O3/c1-21(2,25-9-13-27-14-10-25)17-24-20(22-3)23-16-18-7-5-8-19(15-18)28-12-6-11-26-4/h5,7-8,15H,6,9-14,16-17H2,1-4H3,(H2,22,23,24). The summed E-state index contributed by atoms with van der Waals surface area (Å²) in [5, 5.41) is 6.84. The molecule has 7 heteroatoms. The number of aliphatic imine (C=N–C) groups is 1. The smallest absolute Gasteiger partial charge is 0.191 e. The predicted octanol–water partition coefficient (Wildman–Crippen LogP) is 1.88. The molecule has 2 N–H and O–H groups in total. The molecular formula is C21H36N4O3. The van der Waals surface area contributed by atoms with Gasteiger partial charge in [0.05, 0.1) is 19.8 Å². The molecule has 0 unspecified atom stereocenters. The van der Waals surface area contributed by atoms with Crippen molar-refractivity contribution in [2.24, 2.45) is 4.99 Å². The molecule has 0 spiro atoms. The fraction of sp³-hybridized carbons (Fsp3) is 0.667. The number of nitrogens with one attached hydrogen (secondary N) is 2. The van der Waals surface area contributed by atoms with Gasteiger partial charge in [0.15, 0.2) is 5.96 Å². The van der Waals surface area contributed by atoms with Gasteiger partial charge < -0.3 is 24.8 Å². The number of ether oxygens (including phenoxy) is 3. The second-order valence-corrected chi connectivity index (χ2v) is 7.53. The molecule has 1 aliphatic heterocycles. The van der Waals surface area contributed by atoms with Crippen molar-refractivity contribution in [1.29, 1.82) is 0 Å². The molecule has 1 aromatic carbocycles. The first-order chi connectivity index (χ1) is 13.5. The van der Waals surface area contributed by atoms with Crippen LogP contribution in [0, 0.1) is 0 Å². The Labute approximate surface area is 169 Å². The summed E-state index contributed by atoms with van der Waals surface area (Å²) in [6.45, 7) is 10.9. The monoisotopic (exact) mass is 392 g/mol. The van der Waals surface area contributed by atoms with Gasteiger partial charge in [0.2, 0.25) is 0 Å². The SMILES string of the molecule is CN=C(NCc1cccc(OCCCOC)c1)NCC(C)(C)N1CCOCC1. The lowest BCUT2D eigenvalue weighted by Gasteiger charge is -2.41. The molecule has 2 rings (SSSR count). The van der Waals surface area contributed by atoms with Gasteiger partial charge in [-0.1, -0.05) is 12.1 Å². The first kappa shape index (κ1) is 22.5. The van der Waals surface area contributed by atoms with Gasteiger partial charge in [-0.3, -0.25) is 9.89 Å². The van der Waals surface area contributed by atoms with Crippen LogP contribution in [0.2, 0.25) is 0 Å². The van der Waals surface area contributed by atoms with Crippen LogP contribution in [0.1, 0.15) is 25.8 Å². The number of methoxy groups -OCH3 is 1. The van der Waals surface area contributed by atoms with Crippen LogP contribution >= 0.6 is 0 Å². The molecule has 0 saturated carbocycles. The summed E-state index contributed by atoms with van der Waals surface area (Å²) < 4.78 is 16.3. The molecule has 158 valence electrons. The molecule has 0 aromatic heterocycles. The molecule has 1 saturated heterocycles. The fourth-order valence-corrected chi connectivity index (χ4v) is 3.13. The van der Waals surface area contributed by atoms with E-state index in [0.717, 1.165) is 56.5 Å². The summed E-state index contributed by atoms with van der Waals surface area (Å²) in [4.78, 5) is 6.81. The highest BCUT2D eigenvalue weighted by molar-refractivity contribution is 5.79. The first-order valence-corrected chi connectivity index (χ1v) is 10.0. The number of morpholine rings is 1. The first-order valence-electron chi connectivity index (χ1n) is 10.0. The van der Waals surface area contributed by atoms with Gasteiger partial charge in [-0.15, -0.1) is 0 Å². The highest BCUT2D eigenvalue weighted by Crippen LogP contribution is 2.15. The maximum Gasteiger partial charge on any atom is 0.191 e. The Morgan fingerprint density at radius 3 is 2.71 bits per heavy atom. The van der Waals surface area contributed by atoms with E-state index in [9.17, 15) is 0 Å². The molecule has 1 aromatic rings. The summed E-state index contributed by atoms with van der Waals surface area (Å²) in [6.07, 6.45) is 0.883. The molecule has 7 nitrogen and oxygen atoms in total. The Balaban J connectivity index is 1.78. The number of hydrogen-bond donors (Lipinski definition) is 2. The van der Waals surface area contributed by atoms with Crippen molar-refractivity contribution in [3.05, 3.63) is 29.8 Å². The summed E-state index contributed by atoms with van der Waals surface area (Å²) in [5.74, 6) is 1.68. The Morgan fingerprint density at radius 1 is 1.21 bits per heavy atom. The topological polar surface area (TPSA) is 67.4 Å². The van der Waals surface area contributed by atoms with E-state index >= 15 is 0 Å². The van der Waals surface area contributed by atoms with Crippen LogP contribution in [0.3, 0.4) is 0 Å². The number of guanidine groups is 1. The van der Waals surface area contributed by atoms with E-state index in [4.69, 9.17) is 14.2 Å². The van der Waals surface area contributed by atoms with E-state index in [2.05, 4.69) is 46.5 Å². The van der Waals surface area contributed by atoms with Crippen molar-refractivity contribution in [2.75, 3.05) is 60.2 Å². The molecule has 0 amide bonds. The highest BCUT2D eigenvalue weighted by atomic mass is 16.5. The number of benzene rings is 1. The summed E-state index contributed by atoms with van der Waals surface area (Å²) in [6, 6.07) is 8.14. The normalized spacial score (nSPS) is 16.1. The zero-order chi connectivity index (χ0) is 20.2. The van der Waals surface area contributed by atoms with Crippen LogP contribution in [-0.4, -0.2) is 76.6 Å². The van der Waals surface area contributed by atoms with Crippen LogP contribution in [0.25, 0.3) is 0 Å². The Kier molecular flexibility index (Phi) is 9.54. The van der Waals surface area contributed by atoms with Crippen molar-refractivity contribution in [3.63, 3.8) is 0 Å². The second kappa shape index (κ2) is 11.9.